The van der Waals surface area contributed by atoms with Gasteiger partial charge in [0.1, 0.15) is 18.3 Å². The Morgan fingerprint density at radius 1 is 1.07 bits per heavy atom. The average Bonchev–Trinajstić information content (AvgIpc) is 2.13. The summed E-state index contributed by atoms with van der Waals surface area (Å²) in [7, 11) is 1.56. The molecular weight excluding hydrogens is 210 g/mol. The molecule has 0 aromatic heterocycles. The van der Waals surface area contributed by atoms with Gasteiger partial charge in [-0.25, -0.2) is 0 Å². The van der Waals surface area contributed by atoms with Crippen LogP contribution in [0.15, 0.2) is 0 Å². The molecule has 0 aromatic rings. The summed E-state index contributed by atoms with van der Waals surface area (Å²) < 4.78 is 1.33. The topological polar surface area (TPSA) is 104 Å². The maximum Gasteiger partial charge on any atom is 0.111 e. The van der Waals surface area contributed by atoms with Crippen LogP contribution in [0.3, 0.4) is 0 Å². The maximum absolute atomic E-state index is 9.31. The first kappa shape index (κ1) is 14.1. The lowest BCUT2D eigenvalue weighted by molar-refractivity contribution is -0.115. The van der Waals surface area contributed by atoms with Crippen LogP contribution in [0.4, 0.5) is 0 Å². The Labute approximate surface area is 88.0 Å². The van der Waals surface area contributed by atoms with Crippen LogP contribution in [0.2, 0.25) is 0 Å². The van der Waals surface area contributed by atoms with Crippen molar-refractivity contribution in [2.24, 2.45) is 0 Å². The molecule has 0 aliphatic carbocycles. The van der Waals surface area contributed by atoms with Crippen LogP contribution >= 0.6 is 12.8 Å². The molecule has 86 valence electrons. The molecule has 0 heterocycles. The van der Waals surface area contributed by atoms with E-state index < -0.39 is 31.0 Å². The zero-order chi connectivity index (χ0) is 11.3. The summed E-state index contributed by atoms with van der Waals surface area (Å²) >= 11 is 3.84. The van der Waals surface area contributed by atoms with Gasteiger partial charge >= 0.3 is 0 Å². The van der Waals surface area contributed by atoms with Gasteiger partial charge < -0.3 is 25.5 Å². The number of rotatable bonds is 6. The highest BCUT2D eigenvalue weighted by Crippen LogP contribution is 2.06. The second-order valence-electron chi connectivity index (χ2n) is 3.14. The first-order valence-corrected chi connectivity index (χ1v) is 4.53. The molecule has 7 heteroatoms. The molecule has 0 aliphatic heterocycles. The van der Waals surface area contributed by atoms with Crippen molar-refractivity contribution in [2.75, 3.05) is 20.2 Å². The van der Waals surface area contributed by atoms with E-state index in [0.717, 1.165) is 0 Å². The fourth-order valence-electron chi connectivity index (χ4n) is 0.942. The van der Waals surface area contributed by atoms with E-state index in [0.29, 0.717) is 0 Å². The number of hydrogen-bond donors (Lipinski definition) is 6. The first-order valence-electron chi connectivity index (χ1n) is 4.13. The monoisotopic (exact) mass is 227 g/mol. The predicted molar refractivity (Wildman–Crippen MR) is 52.7 cm³/mol. The van der Waals surface area contributed by atoms with Crippen molar-refractivity contribution in [3.63, 3.8) is 0 Å². The predicted octanol–water partition coefficient (Wildman–Crippen LogP) is -2.80. The minimum Gasteiger partial charge on any atom is -0.394 e. The van der Waals surface area contributed by atoms with Gasteiger partial charge in [0.2, 0.25) is 0 Å². The van der Waals surface area contributed by atoms with Gasteiger partial charge in [-0.1, -0.05) is 12.8 Å². The number of aliphatic hydroxyl groups excluding tert-OH is 5. The van der Waals surface area contributed by atoms with E-state index in [9.17, 15) is 15.3 Å². The van der Waals surface area contributed by atoms with Gasteiger partial charge in [0, 0.05) is 6.54 Å². The SMILES string of the molecule is CN(S)C[C@H](O)[C@@H](O)[C@H](O)[C@H](O)CO. The molecule has 0 saturated heterocycles. The summed E-state index contributed by atoms with van der Waals surface area (Å²) in [5.41, 5.74) is 0. The van der Waals surface area contributed by atoms with Crippen molar-refractivity contribution in [1.82, 2.24) is 4.31 Å². The van der Waals surface area contributed by atoms with Crippen molar-refractivity contribution >= 4 is 12.8 Å². The lowest BCUT2D eigenvalue weighted by Crippen LogP contribution is -2.48. The molecule has 0 aromatic carbocycles. The minimum absolute atomic E-state index is 0.0273. The van der Waals surface area contributed by atoms with E-state index >= 15 is 0 Å². The summed E-state index contributed by atoms with van der Waals surface area (Å²) in [4.78, 5) is 0. The lowest BCUT2D eigenvalue weighted by atomic mass is 10.0. The number of likely N-dealkylation sites (N-methyl/N-ethyl adjacent to an activating group) is 1. The van der Waals surface area contributed by atoms with E-state index in [2.05, 4.69) is 12.8 Å². The molecule has 4 atom stereocenters. The van der Waals surface area contributed by atoms with E-state index in [-0.39, 0.29) is 6.54 Å². The van der Waals surface area contributed by atoms with Gasteiger partial charge in [0.15, 0.2) is 0 Å². The van der Waals surface area contributed by atoms with Crippen LogP contribution in [-0.2, 0) is 0 Å². The molecule has 6 nitrogen and oxygen atoms in total. The standard InChI is InChI=1S/C7H17NO5S/c1-8(14)2-4(10)6(12)7(13)5(11)3-9/h4-7,9-14H,2-3H2,1H3/t4-,5+,6+,7+/m0/s1. The van der Waals surface area contributed by atoms with Crippen LogP contribution in [0.5, 0.6) is 0 Å². The van der Waals surface area contributed by atoms with Crippen LogP contribution in [0, 0.1) is 0 Å². The van der Waals surface area contributed by atoms with Gasteiger partial charge in [0.25, 0.3) is 0 Å². The quantitative estimate of drug-likeness (QED) is 0.274. The molecule has 0 unspecified atom stereocenters. The number of nitrogens with zero attached hydrogens (tertiary/aromatic N) is 1. The lowest BCUT2D eigenvalue weighted by Gasteiger charge is -2.26. The Kier molecular flexibility index (Phi) is 6.62. The molecular formula is C7H17NO5S. The Morgan fingerprint density at radius 3 is 1.86 bits per heavy atom. The van der Waals surface area contributed by atoms with Crippen LogP contribution in [0.1, 0.15) is 0 Å². The molecule has 0 fully saturated rings. The fourth-order valence-corrected chi connectivity index (χ4v) is 1.11. The van der Waals surface area contributed by atoms with E-state index in [1.807, 2.05) is 0 Å². The summed E-state index contributed by atoms with van der Waals surface area (Å²) in [5, 5.41) is 45.3. The summed E-state index contributed by atoms with van der Waals surface area (Å²) in [5.74, 6) is 0. The second-order valence-corrected chi connectivity index (χ2v) is 3.82. The molecule has 0 saturated carbocycles. The number of hydrogen-bond acceptors (Lipinski definition) is 7. The van der Waals surface area contributed by atoms with Gasteiger partial charge in [-0.05, 0) is 7.05 Å². The van der Waals surface area contributed by atoms with Crippen molar-refractivity contribution in [2.45, 2.75) is 24.4 Å². The van der Waals surface area contributed by atoms with E-state index in [1.165, 1.54) is 4.31 Å². The fraction of sp³-hybridized carbons (Fsp3) is 1.00. The Balaban J connectivity index is 4.09. The third-order valence-corrected chi connectivity index (χ3v) is 1.94. The van der Waals surface area contributed by atoms with Crippen molar-refractivity contribution < 1.29 is 25.5 Å². The van der Waals surface area contributed by atoms with Crippen LogP contribution in [0.25, 0.3) is 0 Å². The Bertz CT molecular complexity index is 159. The summed E-state index contributed by atoms with van der Waals surface area (Å²) in [6, 6.07) is 0. The summed E-state index contributed by atoms with van der Waals surface area (Å²) in [6.45, 7) is -0.652. The molecule has 0 radical (unpaired) electrons. The average molecular weight is 227 g/mol. The van der Waals surface area contributed by atoms with Gasteiger partial charge in [-0.3, -0.25) is 4.31 Å². The maximum atomic E-state index is 9.31. The van der Waals surface area contributed by atoms with Gasteiger partial charge in [-0.2, -0.15) is 0 Å². The molecule has 5 N–H and O–H groups in total. The Hall–Kier alpha value is 0.110. The molecule has 14 heavy (non-hydrogen) atoms. The molecule has 0 aliphatic rings. The van der Waals surface area contributed by atoms with Crippen molar-refractivity contribution in [1.29, 1.82) is 0 Å². The smallest absolute Gasteiger partial charge is 0.111 e. The number of aliphatic hydroxyl groups is 5. The largest absolute Gasteiger partial charge is 0.394 e. The van der Waals surface area contributed by atoms with Gasteiger partial charge in [-0.15, -0.1) is 0 Å². The zero-order valence-electron chi connectivity index (χ0n) is 7.85. The normalized spacial score (nSPS) is 20.6. The minimum atomic E-state index is -1.58. The van der Waals surface area contributed by atoms with Crippen molar-refractivity contribution in [3.05, 3.63) is 0 Å². The van der Waals surface area contributed by atoms with Crippen LogP contribution < -0.4 is 0 Å². The van der Waals surface area contributed by atoms with Gasteiger partial charge in [0.05, 0.1) is 12.7 Å². The highest BCUT2D eigenvalue weighted by Gasteiger charge is 2.30. The Morgan fingerprint density at radius 2 is 1.50 bits per heavy atom. The zero-order valence-corrected chi connectivity index (χ0v) is 8.75. The molecule has 0 amide bonds. The third-order valence-electron chi connectivity index (χ3n) is 1.78. The van der Waals surface area contributed by atoms with E-state index in [1.54, 1.807) is 7.05 Å². The highest BCUT2D eigenvalue weighted by atomic mass is 32.1. The number of thiol groups is 1. The first-order chi connectivity index (χ1) is 6.40. The molecule has 0 rings (SSSR count). The van der Waals surface area contributed by atoms with Crippen LogP contribution in [-0.4, -0.2) is 74.5 Å². The molecule has 0 spiro atoms. The van der Waals surface area contributed by atoms with E-state index in [4.69, 9.17) is 10.2 Å². The van der Waals surface area contributed by atoms with Crippen molar-refractivity contribution in [3.8, 4) is 0 Å². The highest BCUT2D eigenvalue weighted by molar-refractivity contribution is 7.77. The molecule has 0 bridgehead atoms. The second kappa shape index (κ2) is 6.57. The summed E-state index contributed by atoms with van der Waals surface area (Å²) in [6.07, 6.45) is -5.81. The third kappa shape index (κ3) is 4.56.